The van der Waals surface area contributed by atoms with E-state index in [1.54, 1.807) is 15.8 Å². The molecule has 12 heteroatoms. The molecule has 6 heterocycles. The molecule has 7 rings (SSSR count). The molecule has 3 aromatic heterocycles. The largest absolute Gasteiger partial charge is 0.375 e. The van der Waals surface area contributed by atoms with E-state index in [0.29, 0.717) is 36.5 Å². The van der Waals surface area contributed by atoms with Crippen LogP contribution in [0.2, 0.25) is 0 Å². The minimum absolute atomic E-state index is 0.181. The van der Waals surface area contributed by atoms with Gasteiger partial charge in [0.1, 0.15) is 17.2 Å². The van der Waals surface area contributed by atoms with Crippen molar-refractivity contribution in [2.75, 3.05) is 55.7 Å². The molecule has 0 amide bonds. The summed E-state index contributed by atoms with van der Waals surface area (Å²) in [5.41, 5.74) is 2.46. The van der Waals surface area contributed by atoms with Crippen LogP contribution in [0.1, 0.15) is 37.8 Å². The highest BCUT2D eigenvalue weighted by atomic mass is 19.3. The van der Waals surface area contributed by atoms with Crippen molar-refractivity contribution in [3.8, 4) is 11.4 Å². The van der Waals surface area contributed by atoms with E-state index in [9.17, 15) is 8.78 Å². The van der Waals surface area contributed by atoms with Gasteiger partial charge in [-0.3, -0.25) is 9.97 Å². The van der Waals surface area contributed by atoms with Crippen molar-refractivity contribution < 1.29 is 13.5 Å². The first-order valence-electron chi connectivity index (χ1n) is 13.9. The molecular formula is C27H33F2N9O. The highest BCUT2D eigenvalue weighted by Crippen LogP contribution is 2.35. The van der Waals surface area contributed by atoms with E-state index in [1.807, 2.05) is 12.4 Å². The topological polar surface area (TPSA) is 97.1 Å². The van der Waals surface area contributed by atoms with Crippen molar-refractivity contribution in [2.24, 2.45) is 5.92 Å². The van der Waals surface area contributed by atoms with Crippen LogP contribution in [0.5, 0.6) is 0 Å². The fourth-order valence-electron chi connectivity index (χ4n) is 5.73. The fraction of sp³-hybridized carbons (Fsp3) is 0.593. The first-order chi connectivity index (χ1) is 19.0. The number of hydrogen-bond acceptors (Lipinski definition) is 9. The predicted molar refractivity (Wildman–Crippen MR) is 141 cm³/mol. The van der Waals surface area contributed by atoms with Gasteiger partial charge < -0.3 is 19.9 Å². The summed E-state index contributed by atoms with van der Waals surface area (Å²) in [7, 11) is 0. The van der Waals surface area contributed by atoms with Crippen LogP contribution in [0, 0.1) is 5.92 Å². The lowest BCUT2D eigenvalue weighted by molar-refractivity contribution is -0.0851. The van der Waals surface area contributed by atoms with E-state index in [-0.39, 0.29) is 19.5 Å². The Kier molecular flexibility index (Phi) is 6.19. The molecule has 1 aliphatic carbocycles. The van der Waals surface area contributed by atoms with Crippen LogP contribution in [0.3, 0.4) is 0 Å². The molecule has 3 aromatic rings. The highest BCUT2D eigenvalue weighted by molar-refractivity contribution is 5.55. The Bertz CT molecular complexity index is 1310. The summed E-state index contributed by atoms with van der Waals surface area (Å²) in [6.45, 7) is 3.95. The number of pyridine rings is 1. The number of alkyl halides is 2. The van der Waals surface area contributed by atoms with Crippen molar-refractivity contribution >= 4 is 11.5 Å². The van der Waals surface area contributed by atoms with Crippen molar-refractivity contribution in [3.05, 3.63) is 42.6 Å². The number of piperidine rings is 1. The van der Waals surface area contributed by atoms with Gasteiger partial charge in [0.15, 0.2) is 5.54 Å². The second-order valence-electron chi connectivity index (χ2n) is 11.4. The lowest BCUT2D eigenvalue weighted by atomic mass is 9.92. The average molecular weight is 538 g/mol. The van der Waals surface area contributed by atoms with Crippen LogP contribution in [-0.4, -0.2) is 87.8 Å². The standard InChI is InChI=1S/C27H33F2N9O/c28-27(29)7-9-37(16-27)25-13-30-12-22(33-25)23-15-38(35-34-23)26(17-39-18-26)24-6-5-21(11-32-24)36-8-1-2-20(14-36)31-10-19-3-4-19/h5-6,11-13,15,19-20,31H,1-4,7-10,14,16-18H2/t20-/m1/s1. The minimum atomic E-state index is -2.71. The number of rotatable bonds is 8. The molecule has 1 atom stereocenters. The molecular weight excluding hydrogens is 504 g/mol. The van der Waals surface area contributed by atoms with Crippen molar-refractivity contribution in [3.63, 3.8) is 0 Å². The molecule has 206 valence electrons. The third-order valence-corrected chi connectivity index (χ3v) is 8.39. The van der Waals surface area contributed by atoms with Gasteiger partial charge >= 0.3 is 0 Å². The van der Waals surface area contributed by atoms with Gasteiger partial charge in [0.2, 0.25) is 0 Å². The Morgan fingerprint density at radius 3 is 2.64 bits per heavy atom. The van der Waals surface area contributed by atoms with Crippen LogP contribution in [-0.2, 0) is 10.3 Å². The Morgan fingerprint density at radius 2 is 1.92 bits per heavy atom. The maximum Gasteiger partial charge on any atom is 0.266 e. The monoisotopic (exact) mass is 537 g/mol. The molecule has 4 fully saturated rings. The number of aromatic nitrogens is 6. The van der Waals surface area contributed by atoms with E-state index in [4.69, 9.17) is 9.72 Å². The van der Waals surface area contributed by atoms with Gasteiger partial charge in [-0.15, -0.1) is 5.10 Å². The van der Waals surface area contributed by atoms with Crippen molar-refractivity contribution in [2.45, 2.75) is 49.6 Å². The van der Waals surface area contributed by atoms with Crippen LogP contribution in [0.15, 0.2) is 36.9 Å². The van der Waals surface area contributed by atoms with Crippen molar-refractivity contribution in [1.29, 1.82) is 0 Å². The molecule has 1 N–H and O–H groups in total. The Morgan fingerprint density at radius 1 is 1.03 bits per heavy atom. The zero-order valence-electron chi connectivity index (χ0n) is 21.8. The number of anilines is 2. The molecule has 0 aromatic carbocycles. The second-order valence-corrected chi connectivity index (χ2v) is 11.4. The summed E-state index contributed by atoms with van der Waals surface area (Å²) >= 11 is 0. The van der Waals surface area contributed by atoms with E-state index < -0.39 is 11.5 Å². The fourth-order valence-corrected chi connectivity index (χ4v) is 5.73. The normalized spacial score (nSPS) is 24.1. The molecule has 39 heavy (non-hydrogen) atoms. The molecule has 0 radical (unpaired) electrons. The molecule has 3 aliphatic heterocycles. The first-order valence-corrected chi connectivity index (χ1v) is 13.9. The number of hydrogen-bond donors (Lipinski definition) is 1. The summed E-state index contributed by atoms with van der Waals surface area (Å²) in [6, 6.07) is 4.74. The molecule has 0 unspecified atom stereocenters. The van der Waals surface area contributed by atoms with Gasteiger partial charge in [-0.05, 0) is 50.3 Å². The van der Waals surface area contributed by atoms with Gasteiger partial charge in [0.25, 0.3) is 5.92 Å². The third-order valence-electron chi connectivity index (χ3n) is 8.39. The molecule has 1 saturated carbocycles. The summed E-state index contributed by atoms with van der Waals surface area (Å²) in [4.78, 5) is 17.6. The Hall–Kier alpha value is -3.25. The zero-order valence-corrected chi connectivity index (χ0v) is 21.8. The van der Waals surface area contributed by atoms with Gasteiger partial charge in [0, 0.05) is 32.1 Å². The Labute approximate surface area is 225 Å². The van der Waals surface area contributed by atoms with E-state index in [2.05, 4.69) is 42.6 Å². The summed E-state index contributed by atoms with van der Waals surface area (Å²) in [5, 5.41) is 12.5. The van der Waals surface area contributed by atoms with Gasteiger partial charge in [-0.2, -0.15) is 0 Å². The minimum Gasteiger partial charge on any atom is -0.375 e. The SMILES string of the molecule is FC1(F)CCN(c2cncc(-c3cn(C4(c5ccc(N6CCC[C@@H](NCC7CC7)C6)cn5)COC4)nn3)n2)C1. The van der Waals surface area contributed by atoms with E-state index in [1.165, 1.54) is 31.9 Å². The Balaban J connectivity index is 1.07. The molecule has 0 bridgehead atoms. The number of nitrogens with zero attached hydrogens (tertiary/aromatic N) is 8. The third kappa shape index (κ3) is 4.95. The van der Waals surface area contributed by atoms with Gasteiger partial charge in [-0.25, -0.2) is 18.4 Å². The summed E-state index contributed by atoms with van der Waals surface area (Å²) in [5.74, 6) is -1.41. The van der Waals surface area contributed by atoms with Crippen LogP contribution in [0.25, 0.3) is 11.4 Å². The number of halogens is 2. The molecule has 4 aliphatic rings. The maximum absolute atomic E-state index is 13.7. The quantitative estimate of drug-likeness (QED) is 0.465. The maximum atomic E-state index is 13.7. The molecule has 10 nitrogen and oxygen atoms in total. The van der Waals surface area contributed by atoms with Crippen LogP contribution in [0.4, 0.5) is 20.3 Å². The van der Waals surface area contributed by atoms with Gasteiger partial charge in [0.05, 0.1) is 55.9 Å². The predicted octanol–water partition coefficient (Wildman–Crippen LogP) is 2.72. The van der Waals surface area contributed by atoms with Crippen LogP contribution < -0.4 is 15.1 Å². The lowest BCUT2D eigenvalue weighted by Gasteiger charge is -2.40. The van der Waals surface area contributed by atoms with Crippen molar-refractivity contribution in [1.82, 2.24) is 35.3 Å². The lowest BCUT2D eigenvalue weighted by Crippen LogP contribution is -2.53. The van der Waals surface area contributed by atoms with E-state index in [0.717, 1.165) is 36.9 Å². The summed E-state index contributed by atoms with van der Waals surface area (Å²) < 4.78 is 34.8. The second kappa shape index (κ2) is 9.74. The smallest absolute Gasteiger partial charge is 0.266 e. The van der Waals surface area contributed by atoms with E-state index >= 15 is 0 Å². The number of ether oxygens (including phenoxy) is 1. The van der Waals surface area contributed by atoms with Crippen LogP contribution >= 0.6 is 0 Å². The highest BCUT2D eigenvalue weighted by Gasteiger charge is 2.45. The van der Waals surface area contributed by atoms with Gasteiger partial charge in [-0.1, -0.05) is 5.21 Å². The molecule has 0 spiro atoms. The first kappa shape index (κ1) is 24.8. The zero-order chi connectivity index (χ0) is 26.5. The average Bonchev–Trinajstić information content (AvgIpc) is 3.51. The summed E-state index contributed by atoms with van der Waals surface area (Å²) in [6.07, 6.45) is 11.8. The molecule has 3 saturated heterocycles. The number of nitrogens with one attached hydrogen (secondary N) is 1.